The molecule has 0 fully saturated rings. The van der Waals surface area contributed by atoms with Crippen molar-refractivity contribution in [1.82, 2.24) is 10.2 Å². The van der Waals surface area contributed by atoms with Gasteiger partial charge in [0.15, 0.2) is 0 Å². The normalized spacial score (nSPS) is 17.1. The number of carbonyl (C=O) groups is 2. The van der Waals surface area contributed by atoms with Crippen molar-refractivity contribution in [2.45, 2.75) is 19.9 Å². The molecule has 2 aromatic rings. The van der Waals surface area contributed by atoms with Gasteiger partial charge in [-0.15, -0.1) is 0 Å². The molecule has 1 heterocycles. The Balaban J connectivity index is 2.00. The second-order valence-corrected chi connectivity index (χ2v) is 6.11. The quantitative estimate of drug-likeness (QED) is 0.851. The Morgan fingerprint density at radius 3 is 2.27 bits per heavy atom. The first-order chi connectivity index (χ1) is 12.6. The maximum absolute atomic E-state index is 12.4. The van der Waals surface area contributed by atoms with Crippen LogP contribution in [0.3, 0.4) is 0 Å². The third-order valence-corrected chi connectivity index (χ3v) is 4.67. The Morgan fingerprint density at radius 1 is 1.08 bits per heavy atom. The number of hydrogen-bond acceptors (Lipinski definition) is 3. The Kier molecular flexibility index (Phi) is 5.07. The molecular weight excluding hydrogens is 328 g/mol. The van der Waals surface area contributed by atoms with Gasteiger partial charge in [0, 0.05) is 12.2 Å². The summed E-state index contributed by atoms with van der Waals surface area (Å²) in [7, 11) is 1.35. The fourth-order valence-corrected chi connectivity index (χ4v) is 3.29. The molecule has 1 atom stereocenters. The minimum atomic E-state index is -0.525. The average molecular weight is 350 g/mol. The predicted molar refractivity (Wildman–Crippen MR) is 100 cm³/mol. The van der Waals surface area contributed by atoms with Gasteiger partial charge in [-0.2, -0.15) is 0 Å². The number of esters is 1. The lowest BCUT2D eigenvalue weighted by Crippen LogP contribution is -2.47. The SMILES string of the molecule is CCN1C(=O)N[C@H](c2ccc(-c3ccccc3)cc2)C(C(=O)OC)=C1C. The molecule has 0 bridgehead atoms. The second kappa shape index (κ2) is 7.44. The number of allylic oxidation sites excluding steroid dienone is 1. The lowest BCUT2D eigenvalue weighted by atomic mass is 9.93. The van der Waals surface area contributed by atoms with Crippen molar-refractivity contribution in [2.24, 2.45) is 0 Å². The van der Waals surface area contributed by atoms with Crippen LogP contribution in [0.4, 0.5) is 4.79 Å². The van der Waals surface area contributed by atoms with E-state index >= 15 is 0 Å². The van der Waals surface area contributed by atoms with E-state index in [0.717, 1.165) is 16.7 Å². The molecule has 0 aliphatic carbocycles. The Hall–Kier alpha value is -3.08. The first-order valence-electron chi connectivity index (χ1n) is 8.59. The molecular formula is C21H22N2O3. The van der Waals surface area contributed by atoms with Crippen LogP contribution < -0.4 is 5.32 Å². The van der Waals surface area contributed by atoms with Crippen LogP contribution >= 0.6 is 0 Å². The summed E-state index contributed by atoms with van der Waals surface area (Å²) < 4.78 is 4.96. The maximum atomic E-state index is 12.4. The van der Waals surface area contributed by atoms with E-state index in [9.17, 15) is 9.59 Å². The van der Waals surface area contributed by atoms with Crippen molar-refractivity contribution in [2.75, 3.05) is 13.7 Å². The summed E-state index contributed by atoms with van der Waals surface area (Å²) in [4.78, 5) is 26.3. The molecule has 1 aliphatic rings. The summed E-state index contributed by atoms with van der Waals surface area (Å²) in [6, 6.07) is 17.2. The summed E-state index contributed by atoms with van der Waals surface area (Å²) in [6.07, 6.45) is 0. The molecule has 0 radical (unpaired) electrons. The molecule has 0 saturated carbocycles. The number of amides is 2. The van der Waals surface area contributed by atoms with Gasteiger partial charge < -0.3 is 10.1 Å². The van der Waals surface area contributed by atoms with Crippen molar-refractivity contribution < 1.29 is 14.3 Å². The monoisotopic (exact) mass is 350 g/mol. The van der Waals surface area contributed by atoms with Crippen LogP contribution in [-0.4, -0.2) is 30.6 Å². The molecule has 1 N–H and O–H groups in total. The second-order valence-electron chi connectivity index (χ2n) is 6.11. The fraction of sp³-hybridized carbons (Fsp3) is 0.238. The number of nitrogens with zero attached hydrogens (tertiary/aromatic N) is 1. The van der Waals surface area contributed by atoms with Crippen molar-refractivity contribution >= 4 is 12.0 Å². The van der Waals surface area contributed by atoms with Crippen LogP contribution in [0.15, 0.2) is 65.9 Å². The minimum absolute atomic E-state index is 0.213. The number of rotatable bonds is 4. The van der Waals surface area contributed by atoms with Gasteiger partial charge in [-0.3, -0.25) is 4.90 Å². The lowest BCUT2D eigenvalue weighted by molar-refractivity contribution is -0.136. The van der Waals surface area contributed by atoms with Crippen molar-refractivity contribution in [3.05, 3.63) is 71.4 Å². The lowest BCUT2D eigenvalue weighted by Gasteiger charge is -2.34. The van der Waals surface area contributed by atoms with E-state index in [1.165, 1.54) is 7.11 Å². The summed E-state index contributed by atoms with van der Waals surface area (Å²) in [6.45, 7) is 4.13. The highest BCUT2D eigenvalue weighted by atomic mass is 16.5. The molecule has 5 heteroatoms. The molecule has 3 rings (SSSR count). The molecule has 5 nitrogen and oxygen atoms in total. The zero-order valence-corrected chi connectivity index (χ0v) is 15.2. The number of ether oxygens (including phenoxy) is 1. The highest BCUT2D eigenvalue weighted by molar-refractivity contribution is 5.95. The third kappa shape index (κ3) is 3.20. The van der Waals surface area contributed by atoms with E-state index in [1.807, 2.05) is 61.5 Å². The molecule has 0 spiro atoms. The summed E-state index contributed by atoms with van der Waals surface area (Å²) in [5, 5.41) is 2.92. The smallest absolute Gasteiger partial charge is 0.337 e. The number of nitrogens with one attached hydrogen (secondary N) is 1. The van der Waals surface area contributed by atoms with Gasteiger partial charge in [-0.1, -0.05) is 54.6 Å². The number of methoxy groups -OCH3 is 1. The van der Waals surface area contributed by atoms with Gasteiger partial charge in [0.25, 0.3) is 0 Å². The van der Waals surface area contributed by atoms with Crippen LogP contribution in [0.2, 0.25) is 0 Å². The Morgan fingerprint density at radius 2 is 1.69 bits per heavy atom. The predicted octanol–water partition coefficient (Wildman–Crippen LogP) is 3.89. The maximum Gasteiger partial charge on any atom is 0.337 e. The van der Waals surface area contributed by atoms with Crippen molar-refractivity contribution in [3.8, 4) is 11.1 Å². The van der Waals surface area contributed by atoms with Gasteiger partial charge >= 0.3 is 12.0 Å². The van der Waals surface area contributed by atoms with Gasteiger partial charge in [-0.25, -0.2) is 9.59 Å². The zero-order chi connectivity index (χ0) is 18.7. The molecule has 0 unspecified atom stereocenters. The summed E-state index contributed by atoms with van der Waals surface area (Å²) in [5.74, 6) is -0.432. The van der Waals surface area contributed by atoms with Crippen LogP contribution in [0.25, 0.3) is 11.1 Å². The summed E-state index contributed by atoms with van der Waals surface area (Å²) in [5.41, 5.74) is 4.12. The molecule has 2 aromatic carbocycles. The zero-order valence-electron chi connectivity index (χ0n) is 15.2. The summed E-state index contributed by atoms with van der Waals surface area (Å²) >= 11 is 0. The number of carbonyl (C=O) groups excluding carboxylic acids is 2. The Bertz CT molecular complexity index is 841. The van der Waals surface area contributed by atoms with Crippen molar-refractivity contribution in [1.29, 1.82) is 0 Å². The van der Waals surface area contributed by atoms with Crippen LogP contribution in [-0.2, 0) is 9.53 Å². The molecule has 2 amide bonds. The van der Waals surface area contributed by atoms with Gasteiger partial charge in [0.05, 0.1) is 18.7 Å². The molecule has 0 saturated heterocycles. The highest BCUT2D eigenvalue weighted by Crippen LogP contribution is 2.32. The molecule has 134 valence electrons. The van der Waals surface area contributed by atoms with E-state index in [2.05, 4.69) is 5.32 Å². The van der Waals surface area contributed by atoms with Gasteiger partial charge in [0.2, 0.25) is 0 Å². The van der Waals surface area contributed by atoms with E-state index in [-0.39, 0.29) is 6.03 Å². The number of hydrogen-bond donors (Lipinski definition) is 1. The first kappa shape index (κ1) is 17.7. The first-order valence-corrected chi connectivity index (χ1v) is 8.59. The minimum Gasteiger partial charge on any atom is -0.466 e. The fourth-order valence-electron chi connectivity index (χ4n) is 3.29. The average Bonchev–Trinajstić information content (AvgIpc) is 2.68. The highest BCUT2D eigenvalue weighted by Gasteiger charge is 2.35. The van der Waals surface area contributed by atoms with E-state index in [0.29, 0.717) is 17.8 Å². The van der Waals surface area contributed by atoms with Crippen molar-refractivity contribution in [3.63, 3.8) is 0 Å². The molecule has 26 heavy (non-hydrogen) atoms. The van der Waals surface area contributed by atoms with E-state index in [1.54, 1.807) is 11.8 Å². The topological polar surface area (TPSA) is 58.6 Å². The third-order valence-electron chi connectivity index (χ3n) is 4.67. The number of urea groups is 1. The molecule has 0 aromatic heterocycles. The molecule has 1 aliphatic heterocycles. The Labute approximate surface area is 153 Å². The largest absolute Gasteiger partial charge is 0.466 e. The van der Waals surface area contributed by atoms with Gasteiger partial charge in [-0.05, 0) is 30.5 Å². The van der Waals surface area contributed by atoms with Crippen LogP contribution in [0.1, 0.15) is 25.5 Å². The van der Waals surface area contributed by atoms with E-state index in [4.69, 9.17) is 4.74 Å². The number of benzene rings is 2. The van der Waals surface area contributed by atoms with Crippen LogP contribution in [0, 0.1) is 0 Å². The van der Waals surface area contributed by atoms with Gasteiger partial charge in [0.1, 0.15) is 0 Å². The standard InChI is InChI=1S/C21H22N2O3/c1-4-23-14(2)18(20(24)26-3)19(22-21(23)25)17-12-10-16(11-13-17)15-8-6-5-7-9-15/h5-13,19H,4H2,1-3H3,(H,22,25)/t19-/m1/s1. The van der Waals surface area contributed by atoms with Crippen LogP contribution in [0.5, 0.6) is 0 Å². The van der Waals surface area contributed by atoms with E-state index < -0.39 is 12.0 Å².